The van der Waals surface area contributed by atoms with Crippen LogP contribution in [0.2, 0.25) is 0 Å². The molecule has 0 radical (unpaired) electrons. The van der Waals surface area contributed by atoms with Crippen molar-refractivity contribution in [1.29, 1.82) is 0 Å². The number of nitrogens with two attached hydrogens (primary N) is 1. The van der Waals surface area contributed by atoms with Gasteiger partial charge in [-0.25, -0.2) is 8.42 Å². The lowest BCUT2D eigenvalue weighted by Gasteiger charge is -1.98. The molecule has 0 amide bonds. The van der Waals surface area contributed by atoms with Crippen molar-refractivity contribution in [2.45, 2.75) is 38.0 Å². The average Bonchev–Trinajstić information content (AvgIpc) is 2.91. The minimum atomic E-state index is -2.89. The summed E-state index contributed by atoms with van der Waals surface area (Å²) in [6.07, 6.45) is 4.37. The minimum absolute atomic E-state index is 0.0865. The van der Waals surface area contributed by atoms with Crippen LogP contribution < -0.4 is 5.73 Å². The van der Waals surface area contributed by atoms with Crippen molar-refractivity contribution in [3.8, 4) is 0 Å². The normalized spacial score (nSPS) is 22.4. The van der Waals surface area contributed by atoms with Gasteiger partial charge in [-0.2, -0.15) is 4.98 Å². The van der Waals surface area contributed by atoms with Gasteiger partial charge in [0, 0.05) is 12.3 Å². The monoisotopic (exact) mass is 273 g/mol. The largest absolute Gasteiger partial charge is 0.339 e. The van der Waals surface area contributed by atoms with Gasteiger partial charge in [0.1, 0.15) is 0 Å². The number of aryl methyl sites for hydroxylation is 1. The van der Waals surface area contributed by atoms with Gasteiger partial charge in [0.05, 0.1) is 11.5 Å². The SMILES string of the molecule is NCCCCCc1nc(C2CCS(=O)(=O)C2)no1. The second-order valence-electron chi connectivity index (χ2n) is 4.75. The highest BCUT2D eigenvalue weighted by atomic mass is 32.2. The van der Waals surface area contributed by atoms with Gasteiger partial charge >= 0.3 is 0 Å². The molecule has 0 aromatic carbocycles. The second-order valence-corrected chi connectivity index (χ2v) is 6.97. The quantitative estimate of drug-likeness (QED) is 0.764. The molecule has 7 heteroatoms. The van der Waals surface area contributed by atoms with Gasteiger partial charge in [0.15, 0.2) is 15.7 Å². The highest BCUT2D eigenvalue weighted by molar-refractivity contribution is 7.91. The van der Waals surface area contributed by atoms with Crippen LogP contribution >= 0.6 is 0 Å². The first-order valence-corrected chi connectivity index (χ1v) is 8.16. The van der Waals surface area contributed by atoms with Crippen LogP contribution in [0.4, 0.5) is 0 Å². The summed E-state index contributed by atoms with van der Waals surface area (Å²) in [7, 11) is -2.89. The summed E-state index contributed by atoms with van der Waals surface area (Å²) in [4.78, 5) is 4.28. The molecule has 2 heterocycles. The molecule has 1 aromatic rings. The van der Waals surface area contributed by atoms with Crippen LogP contribution in [0.15, 0.2) is 4.52 Å². The molecule has 0 aliphatic carbocycles. The summed E-state index contributed by atoms with van der Waals surface area (Å²) in [5.74, 6) is 1.45. The first-order valence-electron chi connectivity index (χ1n) is 6.34. The van der Waals surface area contributed by atoms with Gasteiger partial charge in [-0.15, -0.1) is 0 Å². The van der Waals surface area contributed by atoms with Crippen molar-refractivity contribution >= 4 is 9.84 Å². The van der Waals surface area contributed by atoms with Crippen LogP contribution in [0.3, 0.4) is 0 Å². The first kappa shape index (κ1) is 13.5. The van der Waals surface area contributed by atoms with Crippen molar-refractivity contribution in [1.82, 2.24) is 10.1 Å². The number of hydrogen-bond acceptors (Lipinski definition) is 6. The highest BCUT2D eigenvalue weighted by Crippen LogP contribution is 2.26. The molecule has 6 nitrogen and oxygen atoms in total. The number of nitrogens with zero attached hydrogens (tertiary/aromatic N) is 2. The van der Waals surface area contributed by atoms with Gasteiger partial charge < -0.3 is 10.3 Å². The third kappa shape index (κ3) is 3.52. The smallest absolute Gasteiger partial charge is 0.226 e. The Hall–Kier alpha value is -0.950. The van der Waals surface area contributed by atoms with Gasteiger partial charge in [-0.3, -0.25) is 0 Å². The lowest BCUT2D eigenvalue weighted by molar-refractivity contribution is 0.366. The molecular weight excluding hydrogens is 254 g/mol. The summed E-state index contributed by atoms with van der Waals surface area (Å²) in [5.41, 5.74) is 5.41. The highest BCUT2D eigenvalue weighted by Gasteiger charge is 2.32. The van der Waals surface area contributed by atoms with E-state index < -0.39 is 9.84 Å². The molecule has 1 atom stereocenters. The molecule has 1 saturated heterocycles. The molecule has 2 N–H and O–H groups in total. The molecule has 1 unspecified atom stereocenters. The van der Waals surface area contributed by atoms with E-state index in [9.17, 15) is 8.42 Å². The zero-order valence-electron chi connectivity index (χ0n) is 10.3. The molecule has 1 aliphatic heterocycles. The topological polar surface area (TPSA) is 99.1 Å². The third-order valence-electron chi connectivity index (χ3n) is 3.18. The summed E-state index contributed by atoms with van der Waals surface area (Å²) >= 11 is 0. The maximum atomic E-state index is 11.4. The molecule has 0 spiro atoms. The number of unbranched alkanes of at least 4 members (excludes halogenated alkanes) is 2. The fraction of sp³-hybridized carbons (Fsp3) is 0.818. The van der Waals surface area contributed by atoms with Gasteiger partial charge in [-0.1, -0.05) is 11.6 Å². The van der Waals surface area contributed by atoms with E-state index in [1.54, 1.807) is 0 Å². The first-order chi connectivity index (χ1) is 8.61. The number of hydrogen-bond donors (Lipinski definition) is 1. The fourth-order valence-electron chi connectivity index (χ4n) is 2.13. The predicted molar refractivity (Wildman–Crippen MR) is 66.9 cm³/mol. The van der Waals surface area contributed by atoms with Crippen molar-refractivity contribution < 1.29 is 12.9 Å². The Balaban J connectivity index is 1.86. The third-order valence-corrected chi connectivity index (χ3v) is 4.94. The van der Waals surface area contributed by atoms with Crippen molar-refractivity contribution in [3.05, 3.63) is 11.7 Å². The van der Waals surface area contributed by atoms with Crippen LogP contribution in [0, 0.1) is 0 Å². The Bertz CT molecular complexity index is 483. The van der Waals surface area contributed by atoms with Gasteiger partial charge in [-0.05, 0) is 25.8 Å². The zero-order chi connectivity index (χ0) is 13.0. The molecule has 102 valence electrons. The van der Waals surface area contributed by atoms with Crippen LogP contribution in [-0.4, -0.2) is 36.6 Å². The Morgan fingerprint density at radius 3 is 2.83 bits per heavy atom. The maximum absolute atomic E-state index is 11.4. The van der Waals surface area contributed by atoms with E-state index in [0.717, 1.165) is 25.7 Å². The summed E-state index contributed by atoms with van der Waals surface area (Å²) < 4.78 is 27.9. The second kappa shape index (κ2) is 5.79. The lowest BCUT2D eigenvalue weighted by Crippen LogP contribution is -2.05. The van der Waals surface area contributed by atoms with Crippen molar-refractivity contribution in [2.75, 3.05) is 18.1 Å². The van der Waals surface area contributed by atoms with E-state index in [1.807, 2.05) is 0 Å². The molecule has 0 saturated carbocycles. The van der Waals surface area contributed by atoms with Crippen LogP contribution in [0.5, 0.6) is 0 Å². The molecule has 1 fully saturated rings. The van der Waals surface area contributed by atoms with Crippen LogP contribution in [0.1, 0.15) is 43.3 Å². The molecule has 2 rings (SSSR count). The zero-order valence-corrected chi connectivity index (χ0v) is 11.2. The maximum Gasteiger partial charge on any atom is 0.226 e. The van der Waals surface area contributed by atoms with Crippen LogP contribution in [0.25, 0.3) is 0 Å². The van der Waals surface area contributed by atoms with Gasteiger partial charge in [0.25, 0.3) is 0 Å². The number of aromatic nitrogens is 2. The number of sulfone groups is 1. The molecule has 18 heavy (non-hydrogen) atoms. The molecule has 1 aromatic heterocycles. The average molecular weight is 273 g/mol. The lowest BCUT2D eigenvalue weighted by atomic mass is 10.1. The van der Waals surface area contributed by atoms with Crippen molar-refractivity contribution in [3.63, 3.8) is 0 Å². The standard InChI is InChI=1S/C11H19N3O3S/c12-6-3-1-2-4-10-13-11(14-17-10)9-5-7-18(15,16)8-9/h9H,1-8,12H2. The van der Waals surface area contributed by atoms with E-state index in [4.69, 9.17) is 10.3 Å². The molecule has 1 aliphatic rings. The van der Waals surface area contributed by atoms with E-state index in [0.29, 0.717) is 24.7 Å². The van der Waals surface area contributed by atoms with Crippen molar-refractivity contribution in [2.24, 2.45) is 5.73 Å². The summed E-state index contributed by atoms with van der Waals surface area (Å²) in [6, 6.07) is 0. The van der Waals surface area contributed by atoms with Crippen LogP contribution in [-0.2, 0) is 16.3 Å². The van der Waals surface area contributed by atoms with E-state index in [-0.39, 0.29) is 17.4 Å². The Morgan fingerprint density at radius 1 is 1.33 bits per heavy atom. The summed E-state index contributed by atoms with van der Waals surface area (Å²) in [5, 5.41) is 3.89. The van der Waals surface area contributed by atoms with E-state index >= 15 is 0 Å². The number of rotatable bonds is 6. The molecular formula is C11H19N3O3S. The Morgan fingerprint density at radius 2 is 2.17 bits per heavy atom. The Kier molecular flexibility index (Phi) is 4.34. The minimum Gasteiger partial charge on any atom is -0.339 e. The van der Waals surface area contributed by atoms with E-state index in [2.05, 4.69) is 10.1 Å². The fourth-order valence-corrected chi connectivity index (χ4v) is 3.87. The summed E-state index contributed by atoms with van der Waals surface area (Å²) in [6.45, 7) is 0.703. The predicted octanol–water partition coefficient (Wildman–Crippen LogP) is 0.643. The van der Waals surface area contributed by atoms with E-state index in [1.165, 1.54) is 0 Å². The van der Waals surface area contributed by atoms with Gasteiger partial charge in [0.2, 0.25) is 5.89 Å². The molecule has 0 bridgehead atoms. The Labute approximate surface area is 107 Å².